The van der Waals surface area contributed by atoms with Gasteiger partial charge in [-0.3, -0.25) is 9.59 Å². The van der Waals surface area contributed by atoms with Crippen molar-refractivity contribution in [1.29, 1.82) is 0 Å². The van der Waals surface area contributed by atoms with Crippen LogP contribution in [0.2, 0.25) is 0 Å². The molecule has 5 nitrogen and oxygen atoms in total. The number of carbonyl (C=O) groups excluding carboxylic acids is 1. The normalized spacial score (nSPS) is 17.8. The molecular formula is C16H19ClFN3O2. The smallest absolute Gasteiger partial charge is 0.254 e. The molecule has 1 saturated heterocycles. The standard InChI is InChI=1S/C16H18FN3O2.ClH/c1-18-11-3-2-6-20(9-11)16(22)13-8-15(21)19-14-5-4-10(17)7-12(13)14;/h4-5,7-8,11,18H,2-3,6,9H2,1H3,(H,19,21);1H. The van der Waals surface area contributed by atoms with Gasteiger partial charge in [0, 0.05) is 36.1 Å². The number of benzene rings is 1. The van der Waals surface area contributed by atoms with Gasteiger partial charge in [0.2, 0.25) is 5.56 Å². The number of hydrogen-bond acceptors (Lipinski definition) is 3. The van der Waals surface area contributed by atoms with E-state index in [0.717, 1.165) is 12.8 Å². The van der Waals surface area contributed by atoms with Gasteiger partial charge >= 0.3 is 0 Å². The molecule has 1 fully saturated rings. The number of carbonyl (C=O) groups is 1. The Labute approximate surface area is 139 Å². The average Bonchev–Trinajstić information content (AvgIpc) is 2.54. The Balaban J connectivity index is 0.00000192. The first-order valence-electron chi connectivity index (χ1n) is 7.37. The largest absolute Gasteiger partial charge is 0.337 e. The molecule has 1 aliphatic heterocycles. The van der Waals surface area contributed by atoms with E-state index in [1.165, 1.54) is 24.3 Å². The number of pyridine rings is 1. The van der Waals surface area contributed by atoms with E-state index in [1.807, 2.05) is 7.05 Å². The monoisotopic (exact) mass is 339 g/mol. The molecule has 0 saturated carbocycles. The number of piperidine rings is 1. The van der Waals surface area contributed by atoms with Crippen LogP contribution in [0, 0.1) is 5.82 Å². The number of likely N-dealkylation sites (N-methyl/N-ethyl adjacent to an activating group) is 1. The summed E-state index contributed by atoms with van der Waals surface area (Å²) in [5.74, 6) is -0.651. The topological polar surface area (TPSA) is 65.2 Å². The molecule has 1 aromatic carbocycles. The Hall–Kier alpha value is -1.92. The van der Waals surface area contributed by atoms with Gasteiger partial charge in [0.15, 0.2) is 0 Å². The summed E-state index contributed by atoms with van der Waals surface area (Å²) in [4.78, 5) is 28.9. The molecule has 1 atom stereocenters. The van der Waals surface area contributed by atoms with Crippen LogP contribution in [0.15, 0.2) is 29.1 Å². The molecule has 0 spiro atoms. The minimum atomic E-state index is -0.430. The molecule has 0 bridgehead atoms. The van der Waals surface area contributed by atoms with Gasteiger partial charge in [-0.15, -0.1) is 12.4 Å². The van der Waals surface area contributed by atoms with Gasteiger partial charge in [-0.05, 0) is 38.1 Å². The third kappa shape index (κ3) is 3.54. The van der Waals surface area contributed by atoms with Crippen molar-refractivity contribution in [2.75, 3.05) is 20.1 Å². The van der Waals surface area contributed by atoms with E-state index in [0.29, 0.717) is 24.0 Å². The number of rotatable bonds is 2. The van der Waals surface area contributed by atoms with Crippen LogP contribution in [0.1, 0.15) is 23.2 Å². The van der Waals surface area contributed by atoms with E-state index in [1.54, 1.807) is 4.90 Å². The predicted molar refractivity (Wildman–Crippen MR) is 89.8 cm³/mol. The van der Waals surface area contributed by atoms with E-state index in [4.69, 9.17) is 0 Å². The fourth-order valence-electron chi connectivity index (χ4n) is 2.97. The molecule has 1 unspecified atom stereocenters. The third-order valence-corrected chi connectivity index (χ3v) is 4.15. The van der Waals surface area contributed by atoms with Crippen molar-refractivity contribution in [3.8, 4) is 0 Å². The van der Waals surface area contributed by atoms with Crippen molar-refractivity contribution >= 4 is 29.2 Å². The van der Waals surface area contributed by atoms with Crippen molar-refractivity contribution in [3.05, 3.63) is 46.0 Å². The van der Waals surface area contributed by atoms with Crippen molar-refractivity contribution < 1.29 is 9.18 Å². The Morgan fingerprint density at radius 3 is 2.91 bits per heavy atom. The first kappa shape index (κ1) is 17.4. The number of halogens is 2. The van der Waals surface area contributed by atoms with Crippen LogP contribution in [-0.4, -0.2) is 42.0 Å². The highest BCUT2D eigenvalue weighted by Gasteiger charge is 2.25. The maximum absolute atomic E-state index is 13.5. The second-order valence-electron chi connectivity index (χ2n) is 5.62. The zero-order valence-corrected chi connectivity index (χ0v) is 13.6. The minimum Gasteiger partial charge on any atom is -0.337 e. The van der Waals surface area contributed by atoms with Crippen molar-refractivity contribution in [1.82, 2.24) is 15.2 Å². The molecule has 23 heavy (non-hydrogen) atoms. The summed E-state index contributed by atoms with van der Waals surface area (Å²) in [6, 6.07) is 5.55. The predicted octanol–water partition coefficient (Wildman–Crippen LogP) is 1.91. The molecule has 2 N–H and O–H groups in total. The maximum atomic E-state index is 13.5. The zero-order chi connectivity index (χ0) is 15.7. The van der Waals surface area contributed by atoms with Crippen LogP contribution in [0.4, 0.5) is 4.39 Å². The fourth-order valence-corrected chi connectivity index (χ4v) is 2.97. The molecular weight excluding hydrogens is 321 g/mol. The van der Waals surface area contributed by atoms with Gasteiger partial charge in [-0.2, -0.15) is 0 Å². The number of nitrogens with zero attached hydrogens (tertiary/aromatic N) is 1. The Morgan fingerprint density at radius 1 is 1.39 bits per heavy atom. The van der Waals surface area contributed by atoms with Gasteiger partial charge in [0.25, 0.3) is 5.91 Å². The van der Waals surface area contributed by atoms with E-state index < -0.39 is 5.82 Å². The highest BCUT2D eigenvalue weighted by Crippen LogP contribution is 2.20. The Morgan fingerprint density at radius 2 is 2.17 bits per heavy atom. The van der Waals surface area contributed by atoms with E-state index >= 15 is 0 Å². The lowest BCUT2D eigenvalue weighted by Gasteiger charge is -2.32. The zero-order valence-electron chi connectivity index (χ0n) is 12.8. The Kier molecular flexibility index (Phi) is 5.38. The van der Waals surface area contributed by atoms with Gasteiger partial charge in [-0.1, -0.05) is 0 Å². The van der Waals surface area contributed by atoms with Crippen LogP contribution in [0.3, 0.4) is 0 Å². The first-order chi connectivity index (χ1) is 10.6. The Bertz CT molecular complexity index is 777. The average molecular weight is 340 g/mol. The van der Waals surface area contributed by atoms with Gasteiger partial charge in [-0.25, -0.2) is 4.39 Å². The minimum absolute atomic E-state index is 0. The van der Waals surface area contributed by atoms with E-state index in [9.17, 15) is 14.0 Å². The van der Waals surface area contributed by atoms with E-state index in [2.05, 4.69) is 10.3 Å². The highest BCUT2D eigenvalue weighted by atomic mass is 35.5. The molecule has 7 heteroatoms. The lowest BCUT2D eigenvalue weighted by Crippen LogP contribution is -2.47. The molecule has 0 radical (unpaired) electrons. The lowest BCUT2D eigenvalue weighted by atomic mass is 10.0. The van der Waals surface area contributed by atoms with Gasteiger partial charge < -0.3 is 15.2 Å². The molecule has 3 rings (SSSR count). The van der Waals surface area contributed by atoms with Crippen LogP contribution >= 0.6 is 12.4 Å². The molecule has 2 aromatic rings. The van der Waals surface area contributed by atoms with Crippen LogP contribution in [0.5, 0.6) is 0 Å². The molecule has 2 heterocycles. The summed E-state index contributed by atoms with van der Waals surface area (Å²) in [6.07, 6.45) is 1.93. The number of H-pyrrole nitrogens is 1. The molecule has 0 aliphatic carbocycles. The number of likely N-dealkylation sites (tertiary alicyclic amines) is 1. The van der Waals surface area contributed by atoms with Crippen LogP contribution < -0.4 is 10.9 Å². The number of aromatic amines is 1. The second kappa shape index (κ2) is 7.10. The SMILES string of the molecule is CNC1CCCN(C(=O)c2cc(=O)[nH]c3ccc(F)cc23)C1.Cl. The van der Waals surface area contributed by atoms with Crippen LogP contribution in [-0.2, 0) is 0 Å². The van der Waals surface area contributed by atoms with Gasteiger partial charge in [0.1, 0.15) is 5.82 Å². The molecule has 124 valence electrons. The van der Waals surface area contributed by atoms with Gasteiger partial charge in [0.05, 0.1) is 5.56 Å². The van der Waals surface area contributed by atoms with Crippen LogP contribution in [0.25, 0.3) is 10.9 Å². The summed E-state index contributed by atoms with van der Waals surface area (Å²) in [6.45, 7) is 1.25. The number of hydrogen-bond donors (Lipinski definition) is 2. The summed E-state index contributed by atoms with van der Waals surface area (Å²) < 4.78 is 13.5. The summed E-state index contributed by atoms with van der Waals surface area (Å²) >= 11 is 0. The lowest BCUT2D eigenvalue weighted by molar-refractivity contribution is 0.0700. The molecule has 1 aliphatic rings. The van der Waals surface area contributed by atoms with Crippen molar-refractivity contribution in [3.63, 3.8) is 0 Å². The number of aromatic nitrogens is 1. The third-order valence-electron chi connectivity index (χ3n) is 4.15. The number of fused-ring (bicyclic) bond motifs is 1. The quantitative estimate of drug-likeness (QED) is 0.878. The molecule has 1 amide bonds. The highest BCUT2D eigenvalue weighted by molar-refractivity contribution is 6.06. The molecule has 1 aromatic heterocycles. The fraction of sp³-hybridized carbons (Fsp3) is 0.375. The summed E-state index contributed by atoms with van der Waals surface area (Å²) in [7, 11) is 1.87. The van der Waals surface area contributed by atoms with E-state index in [-0.39, 0.29) is 35.5 Å². The number of amides is 1. The summed E-state index contributed by atoms with van der Waals surface area (Å²) in [5.41, 5.74) is 0.374. The first-order valence-corrected chi connectivity index (χ1v) is 7.37. The summed E-state index contributed by atoms with van der Waals surface area (Å²) in [5, 5.41) is 3.62. The van der Waals surface area contributed by atoms with Crippen molar-refractivity contribution in [2.24, 2.45) is 0 Å². The van der Waals surface area contributed by atoms with Crippen molar-refractivity contribution in [2.45, 2.75) is 18.9 Å². The maximum Gasteiger partial charge on any atom is 0.254 e. The number of nitrogens with one attached hydrogen (secondary N) is 2. The second-order valence-corrected chi connectivity index (χ2v) is 5.62.